The van der Waals surface area contributed by atoms with Crippen LogP contribution in [0.4, 0.5) is 5.82 Å². The van der Waals surface area contributed by atoms with Gasteiger partial charge >= 0.3 is 0 Å². The van der Waals surface area contributed by atoms with Crippen LogP contribution in [0, 0.1) is 6.92 Å². The number of nitrogens with one attached hydrogen (secondary N) is 1. The Morgan fingerprint density at radius 3 is 2.53 bits per heavy atom. The smallest absolute Gasteiger partial charge is 0.150 e. The van der Waals surface area contributed by atoms with Crippen LogP contribution in [0.5, 0.6) is 11.5 Å². The van der Waals surface area contributed by atoms with Crippen molar-refractivity contribution in [1.82, 2.24) is 9.97 Å². The van der Waals surface area contributed by atoms with E-state index in [-0.39, 0.29) is 0 Å². The molecule has 2 aromatic rings. The van der Waals surface area contributed by atoms with Crippen molar-refractivity contribution in [3.05, 3.63) is 24.0 Å². The number of nitrogens with two attached hydrogens (primary N) is 1. The Bertz CT molecular complexity index is 535. The van der Waals surface area contributed by atoms with E-state index in [9.17, 15) is 0 Å². The molecule has 0 bridgehead atoms. The lowest BCUT2D eigenvalue weighted by atomic mass is 10.1. The van der Waals surface area contributed by atoms with Crippen molar-refractivity contribution in [3.8, 4) is 22.8 Å². The van der Waals surface area contributed by atoms with E-state index in [2.05, 4.69) is 9.97 Å². The molecule has 1 aromatic heterocycles. The number of nitrogen functional groups attached to an aromatic ring is 1. The second kappa shape index (κ2) is 4.37. The number of hydrogen-bond acceptors (Lipinski definition) is 4. The van der Waals surface area contributed by atoms with Gasteiger partial charge in [0.25, 0.3) is 0 Å². The van der Waals surface area contributed by atoms with Crippen molar-refractivity contribution in [2.75, 3.05) is 20.0 Å². The highest BCUT2D eigenvalue weighted by atomic mass is 16.5. The minimum Gasteiger partial charge on any atom is -0.497 e. The molecule has 0 aliphatic carbocycles. The molecule has 0 fully saturated rings. The van der Waals surface area contributed by atoms with Crippen LogP contribution in [0.3, 0.4) is 0 Å². The van der Waals surface area contributed by atoms with Crippen molar-refractivity contribution in [2.24, 2.45) is 0 Å². The number of H-pyrrole nitrogens is 1. The average molecular weight is 233 g/mol. The first kappa shape index (κ1) is 11.3. The Balaban J connectivity index is 2.59. The second-order valence-electron chi connectivity index (χ2n) is 3.65. The van der Waals surface area contributed by atoms with E-state index in [4.69, 9.17) is 15.2 Å². The molecule has 0 amide bonds. The molecule has 0 radical (unpaired) electrons. The molecule has 5 nitrogen and oxygen atoms in total. The monoisotopic (exact) mass is 233 g/mol. The third-order valence-electron chi connectivity index (χ3n) is 2.53. The molecule has 2 rings (SSSR count). The van der Waals surface area contributed by atoms with Crippen molar-refractivity contribution in [3.63, 3.8) is 0 Å². The number of aromatic amines is 1. The van der Waals surface area contributed by atoms with Gasteiger partial charge in [0.2, 0.25) is 0 Å². The fraction of sp³-hybridized carbons (Fsp3) is 0.250. The summed E-state index contributed by atoms with van der Waals surface area (Å²) >= 11 is 0. The normalized spacial score (nSPS) is 10.3. The summed E-state index contributed by atoms with van der Waals surface area (Å²) in [6.45, 7) is 1.85. The highest BCUT2D eigenvalue weighted by Crippen LogP contribution is 2.34. The first-order valence-electron chi connectivity index (χ1n) is 5.20. The van der Waals surface area contributed by atoms with E-state index in [1.807, 2.05) is 25.1 Å². The third-order valence-corrected chi connectivity index (χ3v) is 2.53. The van der Waals surface area contributed by atoms with Crippen LogP contribution in [0.25, 0.3) is 11.3 Å². The van der Waals surface area contributed by atoms with Gasteiger partial charge in [-0.3, -0.25) is 0 Å². The maximum Gasteiger partial charge on any atom is 0.150 e. The summed E-state index contributed by atoms with van der Waals surface area (Å²) in [5, 5.41) is 0. The van der Waals surface area contributed by atoms with Crippen molar-refractivity contribution < 1.29 is 9.47 Å². The van der Waals surface area contributed by atoms with Crippen molar-refractivity contribution in [2.45, 2.75) is 6.92 Å². The lowest BCUT2D eigenvalue weighted by molar-refractivity contribution is 0.404. The average Bonchev–Trinajstić information content (AvgIpc) is 2.67. The molecule has 0 aliphatic rings. The van der Waals surface area contributed by atoms with E-state index in [0.29, 0.717) is 5.82 Å². The Hall–Kier alpha value is -2.17. The Labute approximate surface area is 99.6 Å². The van der Waals surface area contributed by atoms with Crippen LogP contribution in [-0.2, 0) is 0 Å². The predicted octanol–water partition coefficient (Wildman–Crippen LogP) is 1.98. The Kier molecular flexibility index (Phi) is 2.91. The Morgan fingerprint density at radius 1 is 1.24 bits per heavy atom. The van der Waals surface area contributed by atoms with Gasteiger partial charge in [-0.15, -0.1) is 0 Å². The molecule has 90 valence electrons. The van der Waals surface area contributed by atoms with Crippen LogP contribution in [0.2, 0.25) is 0 Å². The number of ether oxygens (including phenoxy) is 2. The second-order valence-corrected chi connectivity index (χ2v) is 3.65. The molecule has 0 atom stereocenters. The van der Waals surface area contributed by atoms with Crippen LogP contribution >= 0.6 is 0 Å². The molecule has 5 heteroatoms. The van der Waals surface area contributed by atoms with E-state index in [0.717, 1.165) is 28.6 Å². The van der Waals surface area contributed by atoms with E-state index >= 15 is 0 Å². The maximum atomic E-state index is 5.85. The first-order valence-corrected chi connectivity index (χ1v) is 5.20. The maximum absolute atomic E-state index is 5.85. The quantitative estimate of drug-likeness (QED) is 0.850. The molecule has 0 saturated carbocycles. The largest absolute Gasteiger partial charge is 0.497 e. The summed E-state index contributed by atoms with van der Waals surface area (Å²) in [7, 11) is 3.23. The summed E-state index contributed by atoms with van der Waals surface area (Å²) in [6, 6.07) is 5.54. The highest BCUT2D eigenvalue weighted by molar-refractivity contribution is 5.76. The number of aromatic nitrogens is 2. The molecule has 1 heterocycles. The molecule has 1 aromatic carbocycles. The van der Waals surface area contributed by atoms with Crippen LogP contribution in [-0.4, -0.2) is 24.2 Å². The minimum absolute atomic E-state index is 0.453. The van der Waals surface area contributed by atoms with Gasteiger partial charge in [0, 0.05) is 5.56 Å². The molecular formula is C12H15N3O2. The number of methoxy groups -OCH3 is 2. The number of anilines is 1. The lowest BCUT2D eigenvalue weighted by Gasteiger charge is -2.09. The molecule has 0 saturated heterocycles. The predicted molar refractivity (Wildman–Crippen MR) is 66.3 cm³/mol. The Morgan fingerprint density at radius 2 is 2.00 bits per heavy atom. The van der Waals surface area contributed by atoms with Gasteiger partial charge in [-0.05, 0) is 25.1 Å². The van der Waals surface area contributed by atoms with Gasteiger partial charge < -0.3 is 20.2 Å². The zero-order valence-corrected chi connectivity index (χ0v) is 10.1. The summed E-state index contributed by atoms with van der Waals surface area (Å²) in [6.07, 6.45) is 0. The number of rotatable bonds is 3. The van der Waals surface area contributed by atoms with Gasteiger partial charge in [0.15, 0.2) is 0 Å². The van der Waals surface area contributed by atoms with Gasteiger partial charge in [-0.25, -0.2) is 4.98 Å². The highest BCUT2D eigenvalue weighted by Gasteiger charge is 2.13. The molecule has 3 N–H and O–H groups in total. The van der Waals surface area contributed by atoms with Crippen LogP contribution in [0.15, 0.2) is 18.2 Å². The molecule has 0 aliphatic heterocycles. The summed E-state index contributed by atoms with van der Waals surface area (Å²) in [5.41, 5.74) is 7.44. The van der Waals surface area contributed by atoms with Gasteiger partial charge in [-0.2, -0.15) is 0 Å². The van der Waals surface area contributed by atoms with Crippen LogP contribution < -0.4 is 15.2 Å². The van der Waals surface area contributed by atoms with Gasteiger partial charge in [0.05, 0.1) is 19.9 Å². The molecule has 0 spiro atoms. The van der Waals surface area contributed by atoms with Crippen molar-refractivity contribution >= 4 is 5.82 Å². The van der Waals surface area contributed by atoms with Crippen LogP contribution in [0.1, 0.15) is 5.82 Å². The molecule has 0 unspecified atom stereocenters. The number of nitrogens with zero attached hydrogens (tertiary/aromatic N) is 1. The SMILES string of the molecule is COc1ccc(OC)c(-c2[nH]c(C)nc2N)c1. The number of imidazole rings is 1. The standard InChI is InChI=1S/C12H15N3O2/c1-7-14-11(12(13)15-7)9-6-8(16-2)4-5-10(9)17-3/h4-6H,13H2,1-3H3,(H,14,15). The number of aryl methyl sites for hydroxylation is 1. The number of benzene rings is 1. The molecular weight excluding hydrogens is 218 g/mol. The first-order chi connectivity index (χ1) is 8.15. The topological polar surface area (TPSA) is 73.2 Å². The summed E-state index contributed by atoms with van der Waals surface area (Å²) in [5.74, 6) is 2.69. The van der Waals surface area contributed by atoms with E-state index < -0.39 is 0 Å². The summed E-state index contributed by atoms with van der Waals surface area (Å²) in [4.78, 5) is 7.26. The van der Waals surface area contributed by atoms with E-state index in [1.54, 1.807) is 14.2 Å². The zero-order chi connectivity index (χ0) is 12.4. The number of hydrogen-bond donors (Lipinski definition) is 2. The van der Waals surface area contributed by atoms with Gasteiger partial charge in [-0.1, -0.05) is 0 Å². The minimum atomic E-state index is 0.453. The van der Waals surface area contributed by atoms with E-state index in [1.165, 1.54) is 0 Å². The fourth-order valence-electron chi connectivity index (χ4n) is 1.72. The lowest BCUT2D eigenvalue weighted by Crippen LogP contribution is -1.93. The fourth-order valence-corrected chi connectivity index (χ4v) is 1.72. The summed E-state index contributed by atoms with van der Waals surface area (Å²) < 4.78 is 10.5. The molecule has 17 heavy (non-hydrogen) atoms. The zero-order valence-electron chi connectivity index (χ0n) is 10.1. The van der Waals surface area contributed by atoms with Crippen molar-refractivity contribution in [1.29, 1.82) is 0 Å². The van der Waals surface area contributed by atoms with Gasteiger partial charge in [0.1, 0.15) is 23.1 Å². The third kappa shape index (κ3) is 2.04.